The standard InChI is InChI=1S/C14H22ClN3/c1-8(2)18-14(11(15)7-17-18)13(16-3)12-9-5-4-6-10(9)12/h7-10,12-13,16H,4-6H2,1-3H3. The molecule has 1 N–H and O–H groups in total. The Morgan fingerprint density at radius 2 is 2.06 bits per heavy atom. The molecule has 1 heterocycles. The Morgan fingerprint density at radius 3 is 2.61 bits per heavy atom. The second kappa shape index (κ2) is 4.53. The molecule has 2 aliphatic rings. The van der Waals surface area contributed by atoms with E-state index in [0.717, 1.165) is 22.8 Å². The molecule has 4 heteroatoms. The molecule has 0 amide bonds. The molecule has 0 saturated heterocycles. The smallest absolute Gasteiger partial charge is 0.0834 e. The van der Waals surface area contributed by atoms with Gasteiger partial charge in [0.1, 0.15) is 0 Å². The number of fused-ring (bicyclic) bond motifs is 1. The van der Waals surface area contributed by atoms with Crippen LogP contribution >= 0.6 is 11.6 Å². The zero-order valence-corrected chi connectivity index (χ0v) is 12.1. The molecule has 3 nitrogen and oxygen atoms in total. The van der Waals surface area contributed by atoms with Crippen LogP contribution in [0.4, 0.5) is 0 Å². The van der Waals surface area contributed by atoms with E-state index in [1.54, 1.807) is 6.20 Å². The minimum atomic E-state index is 0.363. The minimum absolute atomic E-state index is 0.363. The normalized spacial score (nSPS) is 31.7. The fourth-order valence-electron chi connectivity index (χ4n) is 3.94. The lowest BCUT2D eigenvalue weighted by Gasteiger charge is -2.22. The lowest BCUT2D eigenvalue weighted by atomic mass is 10.0. The van der Waals surface area contributed by atoms with Gasteiger partial charge in [-0.3, -0.25) is 4.68 Å². The van der Waals surface area contributed by atoms with Gasteiger partial charge in [0, 0.05) is 6.04 Å². The molecule has 100 valence electrons. The van der Waals surface area contributed by atoms with Gasteiger partial charge >= 0.3 is 0 Å². The first-order valence-electron chi connectivity index (χ1n) is 7.05. The number of nitrogens with one attached hydrogen (secondary N) is 1. The number of nitrogens with zero attached hydrogens (tertiary/aromatic N) is 2. The summed E-state index contributed by atoms with van der Waals surface area (Å²) < 4.78 is 2.08. The second-order valence-corrected chi connectivity index (χ2v) is 6.43. The summed E-state index contributed by atoms with van der Waals surface area (Å²) in [4.78, 5) is 0. The number of halogens is 1. The molecule has 1 aromatic rings. The Balaban J connectivity index is 1.90. The fraction of sp³-hybridized carbons (Fsp3) is 0.786. The number of aromatic nitrogens is 2. The third-order valence-electron chi connectivity index (χ3n) is 4.74. The maximum atomic E-state index is 6.37. The summed E-state index contributed by atoms with van der Waals surface area (Å²) in [5.74, 6) is 2.62. The Bertz CT molecular complexity index is 430. The lowest BCUT2D eigenvalue weighted by molar-refractivity contribution is 0.396. The predicted molar refractivity (Wildman–Crippen MR) is 73.7 cm³/mol. The highest BCUT2D eigenvalue weighted by Crippen LogP contribution is 2.62. The first-order chi connectivity index (χ1) is 8.65. The van der Waals surface area contributed by atoms with Crippen molar-refractivity contribution in [2.24, 2.45) is 17.8 Å². The van der Waals surface area contributed by atoms with E-state index in [4.69, 9.17) is 11.6 Å². The Kier molecular flexibility index (Phi) is 3.15. The van der Waals surface area contributed by atoms with Crippen molar-refractivity contribution >= 4 is 11.6 Å². The van der Waals surface area contributed by atoms with Gasteiger partial charge in [0.05, 0.1) is 23.0 Å². The maximum absolute atomic E-state index is 6.37. The van der Waals surface area contributed by atoms with Crippen molar-refractivity contribution in [1.82, 2.24) is 15.1 Å². The first-order valence-corrected chi connectivity index (χ1v) is 7.43. The van der Waals surface area contributed by atoms with Crippen molar-refractivity contribution in [3.8, 4) is 0 Å². The predicted octanol–water partition coefficient (Wildman–Crippen LogP) is 3.42. The first kappa shape index (κ1) is 12.5. The fourth-order valence-corrected chi connectivity index (χ4v) is 4.18. The van der Waals surface area contributed by atoms with Gasteiger partial charge in [0.25, 0.3) is 0 Å². The SMILES string of the molecule is CNC(c1c(Cl)cnn1C(C)C)C1C2CCCC21. The topological polar surface area (TPSA) is 29.9 Å². The quantitative estimate of drug-likeness (QED) is 0.906. The lowest BCUT2D eigenvalue weighted by Crippen LogP contribution is -2.25. The van der Waals surface area contributed by atoms with E-state index >= 15 is 0 Å². The van der Waals surface area contributed by atoms with Gasteiger partial charge in [0.2, 0.25) is 0 Å². The molecule has 0 radical (unpaired) electrons. The van der Waals surface area contributed by atoms with Crippen LogP contribution < -0.4 is 5.32 Å². The Morgan fingerprint density at radius 1 is 1.39 bits per heavy atom. The molecule has 3 atom stereocenters. The van der Waals surface area contributed by atoms with Crippen LogP contribution in [0.5, 0.6) is 0 Å². The molecule has 0 aliphatic heterocycles. The van der Waals surface area contributed by atoms with E-state index in [2.05, 4.69) is 28.9 Å². The van der Waals surface area contributed by atoms with E-state index < -0.39 is 0 Å². The van der Waals surface area contributed by atoms with Crippen LogP contribution in [0.25, 0.3) is 0 Å². The van der Waals surface area contributed by atoms with Gasteiger partial charge in [-0.15, -0.1) is 0 Å². The molecule has 3 rings (SSSR count). The molecule has 0 bridgehead atoms. The third-order valence-corrected chi connectivity index (χ3v) is 5.03. The summed E-state index contributed by atoms with van der Waals surface area (Å²) in [7, 11) is 2.05. The monoisotopic (exact) mass is 267 g/mol. The van der Waals surface area contributed by atoms with Crippen LogP contribution in [0.1, 0.15) is 50.9 Å². The van der Waals surface area contributed by atoms with Crippen molar-refractivity contribution in [3.05, 3.63) is 16.9 Å². The van der Waals surface area contributed by atoms with E-state index in [1.165, 1.54) is 25.0 Å². The zero-order chi connectivity index (χ0) is 12.9. The largest absolute Gasteiger partial charge is 0.311 e. The van der Waals surface area contributed by atoms with Gasteiger partial charge in [-0.2, -0.15) is 5.10 Å². The van der Waals surface area contributed by atoms with E-state index in [-0.39, 0.29) is 0 Å². The molecular weight excluding hydrogens is 246 g/mol. The van der Waals surface area contributed by atoms with Crippen LogP contribution in [-0.2, 0) is 0 Å². The van der Waals surface area contributed by atoms with Crippen LogP contribution in [0.3, 0.4) is 0 Å². The van der Waals surface area contributed by atoms with Crippen LogP contribution in [0.15, 0.2) is 6.20 Å². The van der Waals surface area contributed by atoms with Gasteiger partial charge in [-0.25, -0.2) is 0 Å². The average molecular weight is 268 g/mol. The molecule has 2 aliphatic carbocycles. The molecule has 2 fully saturated rings. The highest BCUT2D eigenvalue weighted by atomic mass is 35.5. The molecular formula is C14H22ClN3. The minimum Gasteiger partial charge on any atom is -0.311 e. The van der Waals surface area contributed by atoms with Crippen molar-refractivity contribution in [2.45, 2.75) is 45.2 Å². The van der Waals surface area contributed by atoms with Crippen molar-refractivity contribution in [1.29, 1.82) is 0 Å². The molecule has 3 unspecified atom stereocenters. The molecule has 0 spiro atoms. The highest BCUT2D eigenvalue weighted by molar-refractivity contribution is 6.31. The summed E-state index contributed by atoms with van der Waals surface area (Å²) in [5.41, 5.74) is 1.19. The molecule has 18 heavy (non-hydrogen) atoms. The highest BCUT2D eigenvalue weighted by Gasteiger charge is 2.56. The van der Waals surface area contributed by atoms with Crippen LogP contribution in [0.2, 0.25) is 5.02 Å². The van der Waals surface area contributed by atoms with Gasteiger partial charge < -0.3 is 5.32 Å². The summed E-state index contributed by atoms with van der Waals surface area (Å²) in [5, 5.41) is 8.73. The zero-order valence-electron chi connectivity index (χ0n) is 11.4. The van der Waals surface area contributed by atoms with Gasteiger partial charge in [-0.05, 0) is 51.5 Å². The maximum Gasteiger partial charge on any atom is 0.0834 e. The van der Waals surface area contributed by atoms with Crippen molar-refractivity contribution in [2.75, 3.05) is 7.05 Å². The van der Waals surface area contributed by atoms with Crippen LogP contribution in [0, 0.1) is 17.8 Å². The van der Waals surface area contributed by atoms with Gasteiger partial charge in [-0.1, -0.05) is 18.0 Å². The van der Waals surface area contributed by atoms with Crippen LogP contribution in [-0.4, -0.2) is 16.8 Å². The Labute approximate surface area is 114 Å². The molecule has 0 aromatic carbocycles. The second-order valence-electron chi connectivity index (χ2n) is 6.02. The number of hydrogen-bond donors (Lipinski definition) is 1. The molecule has 1 aromatic heterocycles. The third kappa shape index (κ3) is 1.79. The summed E-state index contributed by atoms with van der Waals surface area (Å²) in [6, 6.07) is 0.736. The van der Waals surface area contributed by atoms with E-state index in [0.29, 0.717) is 12.1 Å². The van der Waals surface area contributed by atoms with Crippen molar-refractivity contribution in [3.63, 3.8) is 0 Å². The number of hydrogen-bond acceptors (Lipinski definition) is 2. The summed E-state index contributed by atoms with van der Waals surface area (Å²) >= 11 is 6.37. The summed E-state index contributed by atoms with van der Waals surface area (Å²) in [6.45, 7) is 4.32. The molecule has 2 saturated carbocycles. The van der Waals surface area contributed by atoms with Crippen molar-refractivity contribution < 1.29 is 0 Å². The number of rotatable bonds is 4. The Hall–Kier alpha value is -0.540. The average Bonchev–Trinajstić information content (AvgIpc) is 2.72. The summed E-state index contributed by atoms with van der Waals surface area (Å²) in [6.07, 6.45) is 6.01. The van der Waals surface area contributed by atoms with Gasteiger partial charge in [0.15, 0.2) is 0 Å². The van der Waals surface area contributed by atoms with E-state index in [1.807, 2.05) is 7.05 Å². The van der Waals surface area contributed by atoms with E-state index in [9.17, 15) is 0 Å².